The van der Waals surface area contributed by atoms with E-state index in [9.17, 15) is 4.79 Å². The van der Waals surface area contributed by atoms with Crippen molar-refractivity contribution in [1.29, 1.82) is 0 Å². The molecular weight excluding hydrogens is 274 g/mol. The highest BCUT2D eigenvalue weighted by Crippen LogP contribution is 2.20. The molecule has 2 heterocycles. The van der Waals surface area contributed by atoms with Crippen LogP contribution in [0.2, 0.25) is 0 Å². The van der Waals surface area contributed by atoms with Crippen molar-refractivity contribution in [2.45, 2.75) is 51.1 Å². The minimum absolute atomic E-state index is 0.0927. The first-order valence-corrected chi connectivity index (χ1v) is 8.48. The normalized spacial score (nSPS) is 25.2. The average molecular weight is 301 g/mol. The van der Waals surface area contributed by atoms with Gasteiger partial charge in [0.05, 0.1) is 6.54 Å². The summed E-state index contributed by atoms with van der Waals surface area (Å²) in [6.45, 7) is 6.87. The van der Waals surface area contributed by atoms with Gasteiger partial charge in [0.15, 0.2) is 0 Å². The summed E-state index contributed by atoms with van der Waals surface area (Å²) in [5, 5.41) is 6.67. The predicted molar refractivity (Wildman–Crippen MR) is 90.2 cm³/mol. The Morgan fingerprint density at radius 1 is 1.23 bits per heavy atom. The SMILES string of the molecule is CC(C)c1ccc(NC(=O)CN2CCC3CCC(C2)N3)cc1. The Kier molecular flexibility index (Phi) is 4.79. The van der Waals surface area contributed by atoms with Crippen molar-refractivity contribution in [2.75, 3.05) is 25.0 Å². The zero-order chi connectivity index (χ0) is 15.5. The maximum absolute atomic E-state index is 12.2. The number of nitrogens with zero attached hydrogens (tertiary/aromatic N) is 1. The Balaban J connectivity index is 1.51. The number of hydrogen-bond acceptors (Lipinski definition) is 3. The van der Waals surface area contributed by atoms with Crippen LogP contribution in [-0.4, -0.2) is 42.5 Å². The van der Waals surface area contributed by atoms with Crippen molar-refractivity contribution in [2.24, 2.45) is 0 Å². The molecule has 3 rings (SSSR count). The van der Waals surface area contributed by atoms with Crippen LogP contribution in [-0.2, 0) is 4.79 Å². The lowest BCUT2D eigenvalue weighted by Gasteiger charge is -2.23. The molecule has 0 saturated carbocycles. The van der Waals surface area contributed by atoms with Gasteiger partial charge in [0.1, 0.15) is 0 Å². The van der Waals surface area contributed by atoms with Crippen LogP contribution in [0.15, 0.2) is 24.3 Å². The highest BCUT2D eigenvalue weighted by Gasteiger charge is 2.29. The standard InChI is InChI=1S/C18H27N3O/c1-13(2)14-3-5-15(6-4-14)20-18(22)12-21-10-9-16-7-8-17(11-21)19-16/h3-6,13,16-17,19H,7-12H2,1-2H3,(H,20,22). The molecule has 0 radical (unpaired) electrons. The van der Waals surface area contributed by atoms with Gasteiger partial charge in [0.2, 0.25) is 5.91 Å². The summed E-state index contributed by atoms with van der Waals surface area (Å²) in [5.74, 6) is 0.611. The first kappa shape index (κ1) is 15.5. The molecule has 2 atom stereocenters. The Morgan fingerprint density at radius 3 is 2.68 bits per heavy atom. The minimum Gasteiger partial charge on any atom is -0.325 e. The molecule has 22 heavy (non-hydrogen) atoms. The second kappa shape index (κ2) is 6.80. The van der Waals surface area contributed by atoms with Crippen LogP contribution in [0.3, 0.4) is 0 Å². The molecule has 2 fully saturated rings. The van der Waals surface area contributed by atoms with Crippen molar-refractivity contribution in [3.8, 4) is 0 Å². The fourth-order valence-electron chi connectivity index (χ4n) is 3.51. The molecule has 0 aromatic heterocycles. The van der Waals surface area contributed by atoms with Crippen LogP contribution in [0.4, 0.5) is 5.69 Å². The monoisotopic (exact) mass is 301 g/mol. The fourth-order valence-corrected chi connectivity index (χ4v) is 3.51. The Bertz CT molecular complexity index is 512. The summed E-state index contributed by atoms with van der Waals surface area (Å²) >= 11 is 0. The van der Waals surface area contributed by atoms with Crippen LogP contribution in [0.1, 0.15) is 44.6 Å². The molecule has 120 valence electrons. The Hall–Kier alpha value is -1.39. The first-order valence-electron chi connectivity index (χ1n) is 8.48. The molecule has 1 amide bonds. The molecule has 2 saturated heterocycles. The Labute approximate surface area is 133 Å². The number of carbonyl (C=O) groups is 1. The maximum atomic E-state index is 12.2. The van der Waals surface area contributed by atoms with Gasteiger partial charge in [-0.05, 0) is 42.9 Å². The summed E-state index contributed by atoms with van der Waals surface area (Å²) in [6.07, 6.45) is 3.71. The number of benzene rings is 1. The quantitative estimate of drug-likeness (QED) is 0.898. The molecule has 1 aromatic rings. The number of likely N-dealkylation sites (tertiary alicyclic amines) is 1. The van der Waals surface area contributed by atoms with Crippen molar-refractivity contribution in [3.63, 3.8) is 0 Å². The number of carbonyl (C=O) groups excluding carboxylic acids is 1. The van der Waals surface area contributed by atoms with Crippen molar-refractivity contribution >= 4 is 11.6 Å². The lowest BCUT2D eigenvalue weighted by atomic mass is 10.0. The van der Waals surface area contributed by atoms with E-state index >= 15 is 0 Å². The lowest BCUT2D eigenvalue weighted by molar-refractivity contribution is -0.117. The molecule has 2 bridgehead atoms. The third kappa shape index (κ3) is 3.87. The highest BCUT2D eigenvalue weighted by atomic mass is 16.2. The van der Waals surface area contributed by atoms with Crippen molar-refractivity contribution < 1.29 is 4.79 Å². The summed E-state index contributed by atoms with van der Waals surface area (Å²) in [7, 11) is 0. The van der Waals surface area contributed by atoms with Gasteiger partial charge in [-0.3, -0.25) is 9.69 Å². The smallest absolute Gasteiger partial charge is 0.238 e. The van der Waals surface area contributed by atoms with Gasteiger partial charge in [-0.1, -0.05) is 26.0 Å². The molecule has 0 aliphatic carbocycles. The van der Waals surface area contributed by atoms with Crippen molar-refractivity contribution in [3.05, 3.63) is 29.8 Å². The molecule has 0 spiro atoms. The van der Waals surface area contributed by atoms with E-state index in [0.717, 1.165) is 25.2 Å². The zero-order valence-electron chi connectivity index (χ0n) is 13.6. The van der Waals surface area contributed by atoms with E-state index in [4.69, 9.17) is 0 Å². The molecule has 2 aliphatic rings. The van der Waals surface area contributed by atoms with Crippen LogP contribution < -0.4 is 10.6 Å². The summed E-state index contributed by atoms with van der Waals surface area (Å²) in [6, 6.07) is 9.43. The minimum atomic E-state index is 0.0927. The van der Waals surface area contributed by atoms with E-state index in [1.807, 2.05) is 12.1 Å². The molecule has 4 heteroatoms. The highest BCUT2D eigenvalue weighted by molar-refractivity contribution is 5.92. The van der Waals surface area contributed by atoms with Gasteiger partial charge in [-0.2, -0.15) is 0 Å². The van der Waals surface area contributed by atoms with Gasteiger partial charge in [0.25, 0.3) is 0 Å². The first-order chi connectivity index (χ1) is 10.6. The van der Waals surface area contributed by atoms with E-state index in [-0.39, 0.29) is 5.91 Å². The van der Waals surface area contributed by atoms with E-state index in [2.05, 4.69) is 41.5 Å². The summed E-state index contributed by atoms with van der Waals surface area (Å²) in [4.78, 5) is 14.5. The van der Waals surface area contributed by atoms with Crippen molar-refractivity contribution in [1.82, 2.24) is 10.2 Å². The van der Waals surface area contributed by atoms with Gasteiger partial charge < -0.3 is 10.6 Å². The Morgan fingerprint density at radius 2 is 1.95 bits per heavy atom. The summed E-state index contributed by atoms with van der Waals surface area (Å²) < 4.78 is 0. The molecular formula is C18H27N3O. The van der Waals surface area contributed by atoms with Gasteiger partial charge in [0, 0.05) is 30.9 Å². The fraction of sp³-hybridized carbons (Fsp3) is 0.611. The summed E-state index contributed by atoms with van der Waals surface area (Å²) in [5.41, 5.74) is 2.19. The molecule has 2 unspecified atom stereocenters. The largest absolute Gasteiger partial charge is 0.325 e. The van der Waals surface area contributed by atoms with Gasteiger partial charge >= 0.3 is 0 Å². The second-order valence-electron chi connectivity index (χ2n) is 6.99. The topological polar surface area (TPSA) is 44.4 Å². The number of anilines is 1. The second-order valence-corrected chi connectivity index (χ2v) is 6.99. The molecule has 2 N–H and O–H groups in total. The predicted octanol–water partition coefficient (Wildman–Crippen LogP) is 2.57. The molecule has 4 nitrogen and oxygen atoms in total. The van der Waals surface area contributed by atoms with Crippen LogP contribution >= 0.6 is 0 Å². The van der Waals surface area contributed by atoms with Gasteiger partial charge in [-0.25, -0.2) is 0 Å². The zero-order valence-corrected chi connectivity index (χ0v) is 13.6. The van der Waals surface area contributed by atoms with E-state index in [1.54, 1.807) is 0 Å². The van der Waals surface area contributed by atoms with Crippen LogP contribution in [0.25, 0.3) is 0 Å². The number of nitrogens with one attached hydrogen (secondary N) is 2. The van der Waals surface area contributed by atoms with Crippen LogP contribution in [0, 0.1) is 0 Å². The molecule has 2 aliphatic heterocycles. The van der Waals surface area contributed by atoms with E-state index in [0.29, 0.717) is 24.5 Å². The third-order valence-electron chi connectivity index (χ3n) is 4.84. The van der Waals surface area contributed by atoms with Gasteiger partial charge in [-0.15, -0.1) is 0 Å². The lowest BCUT2D eigenvalue weighted by Crippen LogP contribution is -2.39. The number of hydrogen-bond donors (Lipinski definition) is 2. The third-order valence-corrected chi connectivity index (χ3v) is 4.84. The molecule has 1 aromatic carbocycles. The average Bonchev–Trinajstić information content (AvgIpc) is 2.82. The number of fused-ring (bicyclic) bond motifs is 2. The maximum Gasteiger partial charge on any atom is 0.238 e. The number of rotatable bonds is 4. The number of amides is 1. The van der Waals surface area contributed by atoms with Crippen LogP contribution in [0.5, 0.6) is 0 Å². The van der Waals surface area contributed by atoms with E-state index in [1.165, 1.54) is 18.4 Å². The van der Waals surface area contributed by atoms with E-state index < -0.39 is 0 Å².